The molecule has 5 nitrogen and oxygen atoms in total. The molecular weight excluding hydrogens is 284 g/mol. The van der Waals surface area contributed by atoms with Crippen LogP contribution in [0.2, 0.25) is 0 Å². The van der Waals surface area contributed by atoms with Gasteiger partial charge < -0.3 is 14.2 Å². The van der Waals surface area contributed by atoms with E-state index in [0.717, 1.165) is 11.6 Å². The lowest BCUT2D eigenvalue weighted by atomic mass is 10.2. The Morgan fingerprint density at radius 3 is 2.41 bits per heavy atom. The summed E-state index contributed by atoms with van der Waals surface area (Å²) in [5, 5.41) is 0. The van der Waals surface area contributed by atoms with E-state index in [9.17, 15) is 9.59 Å². The predicted molar refractivity (Wildman–Crippen MR) is 82.5 cm³/mol. The van der Waals surface area contributed by atoms with Crippen LogP contribution in [0.1, 0.15) is 12.5 Å². The highest BCUT2D eigenvalue weighted by molar-refractivity contribution is 5.87. The maximum Gasteiger partial charge on any atom is 0.333 e. The maximum absolute atomic E-state index is 11.4. The van der Waals surface area contributed by atoms with E-state index in [1.807, 2.05) is 31.2 Å². The largest absolute Gasteiger partial charge is 0.490 e. The van der Waals surface area contributed by atoms with Crippen LogP contribution >= 0.6 is 0 Å². The minimum atomic E-state index is -0.727. The second-order valence-corrected chi connectivity index (χ2v) is 4.77. The molecule has 1 aromatic rings. The van der Waals surface area contributed by atoms with Gasteiger partial charge in [-0.1, -0.05) is 30.9 Å². The Bertz CT molecular complexity index is 545. The van der Waals surface area contributed by atoms with Gasteiger partial charge in [-0.2, -0.15) is 0 Å². The second-order valence-electron chi connectivity index (χ2n) is 4.77. The van der Waals surface area contributed by atoms with E-state index in [0.29, 0.717) is 5.75 Å². The number of rotatable bonds is 8. The van der Waals surface area contributed by atoms with Gasteiger partial charge in [-0.15, -0.1) is 0 Å². The normalized spacial score (nSPS) is 11.2. The van der Waals surface area contributed by atoms with Gasteiger partial charge in [-0.05, 0) is 26.0 Å². The van der Waals surface area contributed by atoms with Crippen LogP contribution in [0, 0.1) is 6.92 Å². The molecule has 0 spiro atoms. The second kappa shape index (κ2) is 8.67. The molecule has 0 aliphatic rings. The molecule has 0 radical (unpaired) electrons. The van der Waals surface area contributed by atoms with Crippen molar-refractivity contribution in [2.75, 3.05) is 13.2 Å². The van der Waals surface area contributed by atoms with Gasteiger partial charge in [0.2, 0.25) is 0 Å². The fraction of sp³-hybridized carbons (Fsp3) is 0.294. The third-order valence-corrected chi connectivity index (χ3v) is 2.66. The van der Waals surface area contributed by atoms with Gasteiger partial charge in [0.25, 0.3) is 0 Å². The monoisotopic (exact) mass is 304 g/mol. The lowest BCUT2D eigenvalue weighted by molar-refractivity contribution is -0.154. The molecule has 0 aliphatic heterocycles. The molecule has 0 saturated carbocycles. The van der Waals surface area contributed by atoms with Crippen molar-refractivity contribution < 1.29 is 23.8 Å². The number of benzene rings is 1. The van der Waals surface area contributed by atoms with Gasteiger partial charge in [-0.25, -0.2) is 9.59 Å². The summed E-state index contributed by atoms with van der Waals surface area (Å²) in [6, 6.07) is 7.42. The van der Waals surface area contributed by atoms with Gasteiger partial charge in [0, 0.05) is 11.6 Å². The molecule has 0 N–H and O–H groups in total. The van der Waals surface area contributed by atoms with Crippen molar-refractivity contribution in [1.29, 1.82) is 0 Å². The van der Waals surface area contributed by atoms with Crippen LogP contribution < -0.4 is 4.74 Å². The minimum absolute atomic E-state index is 0.0616. The molecular formula is C17H20O5. The van der Waals surface area contributed by atoms with E-state index in [2.05, 4.69) is 13.2 Å². The van der Waals surface area contributed by atoms with Crippen molar-refractivity contribution in [1.82, 2.24) is 0 Å². The summed E-state index contributed by atoms with van der Waals surface area (Å²) in [4.78, 5) is 22.7. The molecule has 0 bridgehead atoms. The number of hydrogen-bond acceptors (Lipinski definition) is 5. The average Bonchev–Trinajstić information content (AvgIpc) is 2.50. The third kappa shape index (κ3) is 6.26. The first kappa shape index (κ1) is 17.5. The van der Waals surface area contributed by atoms with E-state index in [1.54, 1.807) is 0 Å². The first-order valence-electron chi connectivity index (χ1n) is 6.77. The molecule has 0 saturated heterocycles. The molecule has 1 aromatic carbocycles. The number of hydrogen-bond donors (Lipinski definition) is 0. The van der Waals surface area contributed by atoms with Gasteiger partial charge in [0.1, 0.15) is 19.0 Å². The lowest BCUT2D eigenvalue weighted by Crippen LogP contribution is -2.30. The zero-order valence-electron chi connectivity index (χ0n) is 12.8. The number of esters is 2. The summed E-state index contributed by atoms with van der Waals surface area (Å²) in [7, 11) is 0. The van der Waals surface area contributed by atoms with E-state index in [-0.39, 0.29) is 18.8 Å². The average molecular weight is 304 g/mol. The molecule has 1 unspecified atom stereocenters. The first-order chi connectivity index (χ1) is 10.4. The van der Waals surface area contributed by atoms with Crippen molar-refractivity contribution in [3.8, 4) is 5.75 Å². The Hall–Kier alpha value is -2.56. The van der Waals surface area contributed by atoms with Crippen LogP contribution in [-0.2, 0) is 19.1 Å². The van der Waals surface area contributed by atoms with Crippen LogP contribution in [0.15, 0.2) is 49.1 Å². The molecule has 0 fully saturated rings. The molecule has 0 heterocycles. The number of aryl methyl sites for hydroxylation is 1. The van der Waals surface area contributed by atoms with Gasteiger partial charge in [0.15, 0.2) is 6.10 Å². The van der Waals surface area contributed by atoms with Crippen LogP contribution in [0.25, 0.3) is 0 Å². The summed E-state index contributed by atoms with van der Waals surface area (Å²) >= 11 is 0. The first-order valence-corrected chi connectivity index (χ1v) is 6.77. The Morgan fingerprint density at radius 1 is 1.23 bits per heavy atom. The minimum Gasteiger partial charge on any atom is -0.490 e. The van der Waals surface area contributed by atoms with E-state index in [1.165, 1.54) is 6.92 Å². The van der Waals surface area contributed by atoms with Crippen LogP contribution in [0.5, 0.6) is 5.75 Å². The molecule has 1 atom stereocenters. The van der Waals surface area contributed by atoms with E-state index in [4.69, 9.17) is 14.2 Å². The zero-order chi connectivity index (χ0) is 16.5. The smallest absolute Gasteiger partial charge is 0.333 e. The summed E-state index contributed by atoms with van der Waals surface area (Å²) in [5.74, 6) is -0.518. The summed E-state index contributed by atoms with van der Waals surface area (Å²) < 4.78 is 15.6. The topological polar surface area (TPSA) is 61.8 Å². The lowest BCUT2D eigenvalue weighted by Gasteiger charge is -2.18. The molecule has 22 heavy (non-hydrogen) atoms. The quantitative estimate of drug-likeness (QED) is 0.545. The molecule has 1 rings (SSSR count). The number of ether oxygens (including phenoxy) is 3. The zero-order valence-corrected chi connectivity index (χ0v) is 12.8. The fourth-order valence-electron chi connectivity index (χ4n) is 1.44. The van der Waals surface area contributed by atoms with Gasteiger partial charge >= 0.3 is 11.9 Å². The predicted octanol–water partition coefficient (Wildman–Crippen LogP) is 2.59. The summed E-state index contributed by atoms with van der Waals surface area (Å²) in [6.45, 7) is 10.3. The van der Waals surface area contributed by atoms with Gasteiger partial charge in [0.05, 0.1) is 0 Å². The standard InChI is InChI=1S/C17H20O5/c1-5-16(18)22-15(11-21-17(19)12(2)3)10-20-14-8-6-13(4)7-9-14/h5-9,15H,1-2,10-11H2,3-4H3. The maximum atomic E-state index is 11.4. The highest BCUT2D eigenvalue weighted by Gasteiger charge is 2.17. The number of carbonyl (C=O) groups excluding carboxylic acids is 2. The van der Waals surface area contributed by atoms with E-state index >= 15 is 0 Å². The van der Waals surface area contributed by atoms with Gasteiger partial charge in [-0.3, -0.25) is 0 Å². The van der Waals surface area contributed by atoms with Crippen LogP contribution in [0.3, 0.4) is 0 Å². The Kier molecular flexibility index (Phi) is 6.89. The fourth-order valence-corrected chi connectivity index (χ4v) is 1.44. The SMILES string of the molecule is C=CC(=O)OC(COC(=O)C(=C)C)COc1ccc(C)cc1. The highest BCUT2D eigenvalue weighted by atomic mass is 16.6. The van der Waals surface area contributed by atoms with Crippen molar-refractivity contribution in [2.45, 2.75) is 20.0 Å². The molecule has 5 heteroatoms. The van der Waals surface area contributed by atoms with Crippen molar-refractivity contribution >= 4 is 11.9 Å². The van der Waals surface area contributed by atoms with Crippen LogP contribution in [-0.4, -0.2) is 31.3 Å². The Balaban J connectivity index is 2.58. The summed E-state index contributed by atoms with van der Waals surface area (Å²) in [6.07, 6.45) is 0.314. The summed E-state index contributed by atoms with van der Waals surface area (Å²) in [5.41, 5.74) is 1.38. The number of carbonyl (C=O) groups is 2. The van der Waals surface area contributed by atoms with Crippen LogP contribution in [0.4, 0.5) is 0 Å². The molecule has 0 amide bonds. The molecule has 0 aliphatic carbocycles. The third-order valence-electron chi connectivity index (χ3n) is 2.66. The Morgan fingerprint density at radius 2 is 1.86 bits per heavy atom. The Labute approximate surface area is 130 Å². The van der Waals surface area contributed by atoms with Crippen molar-refractivity contribution in [3.05, 3.63) is 54.6 Å². The van der Waals surface area contributed by atoms with Crippen molar-refractivity contribution in [2.24, 2.45) is 0 Å². The molecule has 118 valence electrons. The van der Waals surface area contributed by atoms with E-state index < -0.39 is 18.0 Å². The molecule has 0 aromatic heterocycles. The van der Waals surface area contributed by atoms with Crippen molar-refractivity contribution in [3.63, 3.8) is 0 Å². The highest BCUT2D eigenvalue weighted by Crippen LogP contribution is 2.12.